The van der Waals surface area contributed by atoms with Crippen LogP contribution in [0.25, 0.3) is 0 Å². The summed E-state index contributed by atoms with van der Waals surface area (Å²) in [5, 5.41) is 7.48. The number of aliphatic imine (C=N–C) groups is 1. The van der Waals surface area contributed by atoms with Crippen molar-refractivity contribution in [3.05, 3.63) is 0 Å². The molecular formula is C15H26N4O. The van der Waals surface area contributed by atoms with Gasteiger partial charge in [0.2, 0.25) is 0 Å². The number of rotatable bonds is 6. The Morgan fingerprint density at radius 1 is 1.20 bits per heavy atom. The maximum absolute atomic E-state index is 5.35. The third-order valence-electron chi connectivity index (χ3n) is 4.09. The van der Waals surface area contributed by atoms with Gasteiger partial charge in [-0.2, -0.15) is 10.2 Å². The van der Waals surface area contributed by atoms with E-state index in [1.165, 1.54) is 32.1 Å². The van der Waals surface area contributed by atoms with Gasteiger partial charge in [-0.15, -0.1) is 0 Å². The van der Waals surface area contributed by atoms with Crippen molar-refractivity contribution in [3.63, 3.8) is 0 Å². The number of ether oxygens (including phenoxy) is 1. The summed E-state index contributed by atoms with van der Waals surface area (Å²) >= 11 is 0. The average molecular weight is 278 g/mol. The van der Waals surface area contributed by atoms with Crippen LogP contribution in [0.1, 0.15) is 38.5 Å². The van der Waals surface area contributed by atoms with E-state index in [1.54, 1.807) is 6.21 Å². The van der Waals surface area contributed by atoms with Crippen LogP contribution in [0, 0.1) is 5.92 Å². The first-order valence-corrected chi connectivity index (χ1v) is 7.71. The lowest BCUT2D eigenvalue weighted by molar-refractivity contribution is 0.0394. The van der Waals surface area contributed by atoms with E-state index >= 15 is 0 Å². The highest BCUT2D eigenvalue weighted by Gasteiger charge is 2.16. The van der Waals surface area contributed by atoms with Gasteiger partial charge >= 0.3 is 0 Å². The molecule has 2 aliphatic rings. The predicted molar refractivity (Wildman–Crippen MR) is 83.9 cm³/mol. The summed E-state index contributed by atoms with van der Waals surface area (Å²) in [4.78, 5) is 7.05. The zero-order valence-electron chi connectivity index (χ0n) is 12.3. The third-order valence-corrected chi connectivity index (χ3v) is 4.09. The fourth-order valence-electron chi connectivity index (χ4n) is 2.89. The summed E-state index contributed by atoms with van der Waals surface area (Å²) in [6, 6.07) is 0. The van der Waals surface area contributed by atoms with E-state index in [9.17, 15) is 0 Å². The second kappa shape index (κ2) is 8.97. The maximum Gasteiger partial charge on any atom is 0.0914 e. The molecule has 0 N–H and O–H groups in total. The van der Waals surface area contributed by atoms with Crippen molar-refractivity contribution in [2.24, 2.45) is 21.1 Å². The number of nitrogens with zero attached hydrogens (tertiary/aromatic N) is 4. The summed E-state index contributed by atoms with van der Waals surface area (Å²) in [5.41, 5.74) is 1.07. The van der Waals surface area contributed by atoms with Crippen LogP contribution in [0.4, 0.5) is 0 Å². The third kappa shape index (κ3) is 5.51. The van der Waals surface area contributed by atoms with Gasteiger partial charge in [0.15, 0.2) is 0 Å². The SMILES string of the molecule is C=N/N=C\C(CC1CCCCC1)=N/CN1CCOCC1. The second-order valence-electron chi connectivity index (χ2n) is 5.62. The Labute approximate surface area is 121 Å². The van der Waals surface area contributed by atoms with Crippen LogP contribution in [0.15, 0.2) is 15.2 Å². The van der Waals surface area contributed by atoms with Crippen molar-refractivity contribution in [2.45, 2.75) is 38.5 Å². The molecule has 1 heterocycles. The van der Waals surface area contributed by atoms with Crippen LogP contribution in [-0.4, -0.2) is 56.5 Å². The fourth-order valence-corrected chi connectivity index (χ4v) is 2.89. The molecular weight excluding hydrogens is 252 g/mol. The van der Waals surface area contributed by atoms with Crippen molar-refractivity contribution < 1.29 is 4.74 Å². The zero-order valence-corrected chi connectivity index (χ0v) is 12.3. The minimum atomic E-state index is 0.745. The molecule has 0 amide bonds. The first-order valence-electron chi connectivity index (χ1n) is 7.71. The van der Waals surface area contributed by atoms with Crippen LogP contribution in [-0.2, 0) is 4.74 Å². The minimum Gasteiger partial charge on any atom is -0.379 e. The number of hydrogen-bond acceptors (Lipinski definition) is 5. The van der Waals surface area contributed by atoms with Gasteiger partial charge in [-0.25, -0.2) is 0 Å². The Morgan fingerprint density at radius 2 is 1.95 bits per heavy atom. The summed E-state index contributed by atoms with van der Waals surface area (Å²) < 4.78 is 5.35. The molecule has 0 aromatic rings. The van der Waals surface area contributed by atoms with Gasteiger partial charge in [0.05, 0.1) is 31.8 Å². The van der Waals surface area contributed by atoms with E-state index < -0.39 is 0 Å². The van der Waals surface area contributed by atoms with E-state index in [-0.39, 0.29) is 0 Å². The van der Waals surface area contributed by atoms with E-state index in [0.29, 0.717) is 0 Å². The maximum atomic E-state index is 5.35. The van der Waals surface area contributed by atoms with Crippen LogP contribution < -0.4 is 0 Å². The molecule has 112 valence electrons. The molecule has 5 nitrogen and oxygen atoms in total. The lowest BCUT2D eigenvalue weighted by atomic mass is 9.86. The molecule has 1 aliphatic carbocycles. The number of hydrogen-bond donors (Lipinski definition) is 0. The van der Waals surface area contributed by atoms with Gasteiger partial charge < -0.3 is 4.74 Å². The van der Waals surface area contributed by atoms with Gasteiger partial charge in [0.25, 0.3) is 0 Å². The molecule has 2 rings (SSSR count). The second-order valence-corrected chi connectivity index (χ2v) is 5.62. The predicted octanol–water partition coefficient (Wildman–Crippen LogP) is 2.37. The molecule has 20 heavy (non-hydrogen) atoms. The van der Waals surface area contributed by atoms with Gasteiger partial charge in [-0.05, 0) is 12.3 Å². The van der Waals surface area contributed by atoms with Crippen molar-refractivity contribution in [2.75, 3.05) is 33.0 Å². The zero-order chi connectivity index (χ0) is 14.0. The Bertz CT molecular complexity index is 342. The van der Waals surface area contributed by atoms with Crippen molar-refractivity contribution in [1.82, 2.24) is 4.90 Å². The summed E-state index contributed by atoms with van der Waals surface area (Å²) in [6.45, 7) is 7.71. The summed E-state index contributed by atoms with van der Waals surface area (Å²) in [5.74, 6) is 0.767. The number of morpholine rings is 1. The first kappa shape index (κ1) is 15.3. The van der Waals surface area contributed by atoms with Crippen molar-refractivity contribution in [3.8, 4) is 0 Å². The van der Waals surface area contributed by atoms with Gasteiger partial charge in [0, 0.05) is 19.8 Å². The molecule has 1 saturated carbocycles. The topological polar surface area (TPSA) is 49.5 Å². The summed E-state index contributed by atoms with van der Waals surface area (Å²) in [6.07, 6.45) is 9.57. The van der Waals surface area contributed by atoms with E-state index in [0.717, 1.165) is 51.0 Å². The first-order chi connectivity index (χ1) is 9.88. The molecule has 0 atom stereocenters. The van der Waals surface area contributed by atoms with Gasteiger partial charge in [0.1, 0.15) is 0 Å². The van der Waals surface area contributed by atoms with E-state index in [1.807, 2.05) is 0 Å². The summed E-state index contributed by atoms with van der Waals surface area (Å²) in [7, 11) is 0. The molecule has 0 unspecified atom stereocenters. The molecule has 0 spiro atoms. The van der Waals surface area contributed by atoms with E-state index in [2.05, 4.69) is 21.8 Å². The molecule has 0 aromatic carbocycles. The molecule has 0 radical (unpaired) electrons. The van der Waals surface area contributed by atoms with Crippen LogP contribution in [0.3, 0.4) is 0 Å². The Kier molecular flexibility index (Phi) is 6.88. The molecule has 0 aromatic heterocycles. The Hall–Kier alpha value is -1.07. The largest absolute Gasteiger partial charge is 0.379 e. The van der Waals surface area contributed by atoms with Crippen LogP contribution in [0.2, 0.25) is 0 Å². The van der Waals surface area contributed by atoms with Gasteiger partial charge in [-0.3, -0.25) is 9.89 Å². The van der Waals surface area contributed by atoms with Gasteiger partial charge in [-0.1, -0.05) is 32.1 Å². The van der Waals surface area contributed by atoms with Crippen molar-refractivity contribution >= 4 is 18.6 Å². The average Bonchev–Trinajstić information content (AvgIpc) is 2.52. The standard InChI is InChI=1S/C15H26N4O/c1-16-18-12-15(11-14-5-3-2-4-6-14)17-13-19-7-9-20-10-8-19/h12,14H,1-11,13H2/b17-15-,18-12-. The van der Waals surface area contributed by atoms with Crippen molar-refractivity contribution in [1.29, 1.82) is 0 Å². The minimum absolute atomic E-state index is 0.745. The highest BCUT2D eigenvalue weighted by molar-refractivity contribution is 6.30. The van der Waals surface area contributed by atoms with Crippen LogP contribution in [0.5, 0.6) is 0 Å². The molecule has 1 saturated heterocycles. The normalized spacial score (nSPS) is 23.3. The monoisotopic (exact) mass is 278 g/mol. The molecule has 5 heteroatoms. The Morgan fingerprint density at radius 3 is 2.65 bits per heavy atom. The molecule has 0 bridgehead atoms. The lowest BCUT2D eigenvalue weighted by Gasteiger charge is -2.25. The Balaban J connectivity index is 1.87. The smallest absolute Gasteiger partial charge is 0.0914 e. The fraction of sp³-hybridized carbons (Fsp3) is 0.800. The highest BCUT2D eigenvalue weighted by atomic mass is 16.5. The van der Waals surface area contributed by atoms with E-state index in [4.69, 9.17) is 9.73 Å². The molecule has 1 aliphatic heterocycles. The lowest BCUT2D eigenvalue weighted by Crippen LogP contribution is -2.36. The quantitative estimate of drug-likeness (QED) is 0.553. The highest BCUT2D eigenvalue weighted by Crippen LogP contribution is 2.26. The van der Waals surface area contributed by atoms with Crippen LogP contribution >= 0.6 is 0 Å². The molecule has 2 fully saturated rings.